The molecule has 11 heavy (non-hydrogen) atoms. The van der Waals surface area contributed by atoms with Gasteiger partial charge in [0.25, 0.3) is 0 Å². The van der Waals surface area contributed by atoms with E-state index in [4.69, 9.17) is 0 Å². The van der Waals surface area contributed by atoms with Crippen LogP contribution in [0.4, 0.5) is 5.69 Å². The minimum Gasteiger partial charge on any atom is -0.380 e. The first-order valence-corrected chi connectivity index (χ1v) is 4.02. The van der Waals surface area contributed by atoms with E-state index in [-0.39, 0.29) is 0 Å². The zero-order chi connectivity index (χ0) is 7.84. The van der Waals surface area contributed by atoms with Gasteiger partial charge in [-0.05, 0) is 19.8 Å². The van der Waals surface area contributed by atoms with Gasteiger partial charge in [0, 0.05) is 19.3 Å². The Morgan fingerprint density at radius 1 is 1.64 bits per heavy atom. The SMILES string of the molecule is Cc1nn(C)cc1NC1CC1. The van der Waals surface area contributed by atoms with Gasteiger partial charge in [-0.1, -0.05) is 0 Å². The molecule has 1 N–H and O–H groups in total. The quantitative estimate of drug-likeness (QED) is 0.690. The molecule has 1 aliphatic carbocycles. The van der Waals surface area contributed by atoms with Crippen molar-refractivity contribution in [1.29, 1.82) is 0 Å². The minimum absolute atomic E-state index is 0.720. The number of nitrogens with one attached hydrogen (secondary N) is 1. The summed E-state index contributed by atoms with van der Waals surface area (Å²) >= 11 is 0. The van der Waals surface area contributed by atoms with Crippen molar-refractivity contribution < 1.29 is 0 Å². The molecule has 3 nitrogen and oxygen atoms in total. The fourth-order valence-corrected chi connectivity index (χ4v) is 1.19. The highest BCUT2D eigenvalue weighted by Crippen LogP contribution is 2.25. The molecule has 3 heteroatoms. The van der Waals surface area contributed by atoms with Gasteiger partial charge in [-0.3, -0.25) is 4.68 Å². The second-order valence-electron chi connectivity index (χ2n) is 3.22. The van der Waals surface area contributed by atoms with E-state index in [2.05, 4.69) is 10.4 Å². The summed E-state index contributed by atoms with van der Waals surface area (Å²) in [6, 6.07) is 0.720. The lowest BCUT2D eigenvalue weighted by molar-refractivity contribution is 0.756. The van der Waals surface area contributed by atoms with Gasteiger partial charge < -0.3 is 5.32 Å². The average Bonchev–Trinajstić information content (AvgIpc) is 2.64. The molecule has 1 heterocycles. The molecule has 0 bridgehead atoms. The number of hydrogen-bond acceptors (Lipinski definition) is 2. The summed E-state index contributed by atoms with van der Waals surface area (Å²) < 4.78 is 1.85. The van der Waals surface area contributed by atoms with E-state index in [1.807, 2.05) is 24.9 Å². The van der Waals surface area contributed by atoms with Crippen LogP contribution in [0.2, 0.25) is 0 Å². The van der Waals surface area contributed by atoms with Crippen molar-refractivity contribution in [2.45, 2.75) is 25.8 Å². The molecular weight excluding hydrogens is 138 g/mol. The lowest BCUT2D eigenvalue weighted by atomic mass is 10.4. The van der Waals surface area contributed by atoms with Gasteiger partial charge in [0.05, 0.1) is 11.4 Å². The number of aromatic nitrogens is 2. The zero-order valence-electron chi connectivity index (χ0n) is 6.96. The normalized spacial score (nSPS) is 16.9. The molecular formula is C8H13N3. The third-order valence-electron chi connectivity index (χ3n) is 1.95. The van der Waals surface area contributed by atoms with E-state index in [0.29, 0.717) is 0 Å². The van der Waals surface area contributed by atoms with Crippen molar-refractivity contribution in [2.24, 2.45) is 7.05 Å². The van der Waals surface area contributed by atoms with Crippen LogP contribution in [0.5, 0.6) is 0 Å². The maximum atomic E-state index is 4.25. The first kappa shape index (κ1) is 6.70. The number of rotatable bonds is 2. The lowest BCUT2D eigenvalue weighted by Crippen LogP contribution is -2.00. The van der Waals surface area contributed by atoms with Crippen molar-refractivity contribution in [2.75, 3.05) is 5.32 Å². The van der Waals surface area contributed by atoms with E-state index < -0.39 is 0 Å². The van der Waals surface area contributed by atoms with Crippen LogP contribution in [0.15, 0.2) is 6.20 Å². The monoisotopic (exact) mass is 151 g/mol. The Morgan fingerprint density at radius 3 is 2.82 bits per heavy atom. The predicted molar refractivity (Wildman–Crippen MR) is 44.6 cm³/mol. The Morgan fingerprint density at radius 2 is 2.36 bits per heavy atom. The lowest BCUT2D eigenvalue weighted by Gasteiger charge is -1.99. The van der Waals surface area contributed by atoms with Crippen LogP contribution in [0.25, 0.3) is 0 Å². The summed E-state index contributed by atoms with van der Waals surface area (Å²) in [5.41, 5.74) is 2.29. The molecule has 60 valence electrons. The van der Waals surface area contributed by atoms with E-state index in [1.54, 1.807) is 0 Å². The fraction of sp³-hybridized carbons (Fsp3) is 0.625. The molecule has 2 rings (SSSR count). The van der Waals surface area contributed by atoms with Gasteiger partial charge in [-0.15, -0.1) is 0 Å². The van der Waals surface area contributed by atoms with Crippen molar-refractivity contribution in [3.8, 4) is 0 Å². The standard InChI is InChI=1S/C8H13N3/c1-6-8(5-11(2)10-6)9-7-3-4-7/h5,7,9H,3-4H2,1-2H3. The molecule has 0 radical (unpaired) electrons. The fourth-order valence-electron chi connectivity index (χ4n) is 1.19. The van der Waals surface area contributed by atoms with Crippen LogP contribution in [0.3, 0.4) is 0 Å². The van der Waals surface area contributed by atoms with E-state index >= 15 is 0 Å². The third-order valence-corrected chi connectivity index (χ3v) is 1.95. The summed E-state index contributed by atoms with van der Waals surface area (Å²) in [5, 5.41) is 7.67. The molecule has 0 spiro atoms. The molecule has 1 fully saturated rings. The maximum Gasteiger partial charge on any atom is 0.0825 e. The minimum atomic E-state index is 0.720. The van der Waals surface area contributed by atoms with Gasteiger partial charge in [-0.2, -0.15) is 5.10 Å². The second kappa shape index (κ2) is 2.26. The number of nitrogens with zero attached hydrogens (tertiary/aromatic N) is 2. The number of aryl methyl sites for hydroxylation is 2. The highest BCUT2D eigenvalue weighted by molar-refractivity contribution is 5.47. The molecule has 1 aliphatic rings. The van der Waals surface area contributed by atoms with Gasteiger partial charge in [0.1, 0.15) is 0 Å². The molecule has 0 unspecified atom stereocenters. The molecule has 0 atom stereocenters. The van der Waals surface area contributed by atoms with E-state index in [9.17, 15) is 0 Å². The third kappa shape index (κ3) is 1.37. The molecule has 0 amide bonds. The van der Waals surface area contributed by atoms with Gasteiger partial charge in [0.2, 0.25) is 0 Å². The first-order valence-electron chi connectivity index (χ1n) is 4.02. The Kier molecular flexibility index (Phi) is 1.37. The molecule has 0 saturated heterocycles. The summed E-state index contributed by atoms with van der Waals surface area (Å²) in [4.78, 5) is 0. The largest absolute Gasteiger partial charge is 0.380 e. The Bertz CT molecular complexity index is 260. The second-order valence-corrected chi connectivity index (χ2v) is 3.22. The van der Waals surface area contributed by atoms with Crippen molar-refractivity contribution in [1.82, 2.24) is 9.78 Å². The van der Waals surface area contributed by atoms with Crippen molar-refractivity contribution >= 4 is 5.69 Å². The summed E-state index contributed by atoms with van der Waals surface area (Å²) in [5.74, 6) is 0. The van der Waals surface area contributed by atoms with Gasteiger partial charge in [0.15, 0.2) is 0 Å². The van der Waals surface area contributed by atoms with Crippen molar-refractivity contribution in [3.63, 3.8) is 0 Å². The molecule has 1 saturated carbocycles. The van der Waals surface area contributed by atoms with Crippen molar-refractivity contribution in [3.05, 3.63) is 11.9 Å². The van der Waals surface area contributed by atoms with Crippen LogP contribution in [0, 0.1) is 6.92 Å². The maximum absolute atomic E-state index is 4.25. The Hall–Kier alpha value is -0.990. The smallest absolute Gasteiger partial charge is 0.0825 e. The molecule has 1 aromatic heterocycles. The Balaban J connectivity index is 2.14. The van der Waals surface area contributed by atoms with E-state index in [0.717, 1.165) is 11.7 Å². The summed E-state index contributed by atoms with van der Waals surface area (Å²) in [6.45, 7) is 2.03. The van der Waals surface area contributed by atoms with Crippen LogP contribution in [-0.4, -0.2) is 15.8 Å². The molecule has 0 aliphatic heterocycles. The number of anilines is 1. The predicted octanol–water partition coefficient (Wildman–Crippen LogP) is 1.30. The van der Waals surface area contributed by atoms with Gasteiger partial charge in [-0.25, -0.2) is 0 Å². The molecule has 1 aromatic rings. The van der Waals surface area contributed by atoms with Crippen LogP contribution in [0.1, 0.15) is 18.5 Å². The summed E-state index contributed by atoms with van der Waals surface area (Å²) in [7, 11) is 1.95. The average molecular weight is 151 g/mol. The number of hydrogen-bond donors (Lipinski definition) is 1. The summed E-state index contributed by atoms with van der Waals surface area (Å²) in [6.07, 6.45) is 4.66. The van der Waals surface area contributed by atoms with E-state index in [1.165, 1.54) is 18.5 Å². The Labute approximate surface area is 66.4 Å². The molecule has 0 aromatic carbocycles. The van der Waals surface area contributed by atoms with Crippen LogP contribution < -0.4 is 5.32 Å². The topological polar surface area (TPSA) is 29.9 Å². The highest BCUT2D eigenvalue weighted by Gasteiger charge is 2.21. The highest BCUT2D eigenvalue weighted by atomic mass is 15.3. The van der Waals surface area contributed by atoms with Gasteiger partial charge >= 0.3 is 0 Å². The van der Waals surface area contributed by atoms with Crippen LogP contribution >= 0.6 is 0 Å². The van der Waals surface area contributed by atoms with Crippen LogP contribution in [-0.2, 0) is 7.05 Å². The first-order chi connectivity index (χ1) is 5.25. The zero-order valence-corrected chi connectivity index (χ0v) is 6.96.